The molecule has 0 aliphatic carbocycles. The molecular formula is C11H22N2O5S2. The second-order valence-electron chi connectivity index (χ2n) is 5.44. The van der Waals surface area contributed by atoms with Crippen LogP contribution in [-0.4, -0.2) is 75.3 Å². The van der Waals surface area contributed by atoms with Gasteiger partial charge in [-0.2, -0.15) is 4.31 Å². The van der Waals surface area contributed by atoms with Gasteiger partial charge in [-0.05, 0) is 25.8 Å². The van der Waals surface area contributed by atoms with Gasteiger partial charge in [0.2, 0.25) is 10.0 Å². The summed E-state index contributed by atoms with van der Waals surface area (Å²) < 4.78 is 49.2. The van der Waals surface area contributed by atoms with E-state index in [9.17, 15) is 16.8 Å². The topological polar surface area (TPSA) is 104 Å². The monoisotopic (exact) mass is 326 g/mol. The fraction of sp³-hybridized carbons (Fsp3) is 1.00. The lowest BCUT2D eigenvalue weighted by Crippen LogP contribution is -2.46. The van der Waals surface area contributed by atoms with E-state index >= 15 is 0 Å². The van der Waals surface area contributed by atoms with Gasteiger partial charge < -0.3 is 10.4 Å². The molecule has 9 heteroatoms. The van der Waals surface area contributed by atoms with Crippen molar-refractivity contribution in [2.24, 2.45) is 0 Å². The molecule has 0 saturated carbocycles. The first kappa shape index (κ1) is 16.2. The van der Waals surface area contributed by atoms with Gasteiger partial charge in [0.1, 0.15) is 0 Å². The van der Waals surface area contributed by atoms with Crippen LogP contribution in [0.25, 0.3) is 0 Å². The standard InChI is InChI=1S/C11H22N2O5S2/c14-6-5-13(8-10-2-1-4-12-10)20(17,18)11-3-7-19(15,16)9-11/h10-12,14H,1-9H2. The molecule has 0 aromatic carbocycles. The Balaban J connectivity index is 2.10. The van der Waals surface area contributed by atoms with Crippen LogP contribution in [0.4, 0.5) is 0 Å². The number of sulfonamides is 1. The number of sulfone groups is 1. The highest BCUT2D eigenvalue weighted by Crippen LogP contribution is 2.23. The Bertz CT molecular complexity index is 525. The summed E-state index contributed by atoms with van der Waals surface area (Å²) in [7, 11) is -6.91. The van der Waals surface area contributed by atoms with E-state index in [0.717, 1.165) is 19.4 Å². The van der Waals surface area contributed by atoms with E-state index in [1.165, 1.54) is 4.31 Å². The summed E-state index contributed by atoms with van der Waals surface area (Å²) in [5.74, 6) is -0.360. The predicted molar refractivity (Wildman–Crippen MR) is 75.7 cm³/mol. The van der Waals surface area contributed by atoms with E-state index in [-0.39, 0.29) is 37.1 Å². The maximum absolute atomic E-state index is 12.5. The lowest BCUT2D eigenvalue weighted by molar-refractivity contribution is 0.245. The van der Waals surface area contributed by atoms with Crippen molar-refractivity contribution in [1.29, 1.82) is 0 Å². The maximum Gasteiger partial charge on any atom is 0.218 e. The molecule has 118 valence electrons. The van der Waals surface area contributed by atoms with Gasteiger partial charge in [0, 0.05) is 19.1 Å². The van der Waals surface area contributed by atoms with Crippen LogP contribution in [-0.2, 0) is 19.9 Å². The van der Waals surface area contributed by atoms with E-state index in [2.05, 4.69) is 5.32 Å². The van der Waals surface area contributed by atoms with Crippen LogP contribution >= 0.6 is 0 Å². The second-order valence-corrected chi connectivity index (χ2v) is 9.89. The molecule has 7 nitrogen and oxygen atoms in total. The molecular weight excluding hydrogens is 304 g/mol. The van der Waals surface area contributed by atoms with Crippen molar-refractivity contribution in [3.8, 4) is 0 Å². The Labute approximate surface area is 120 Å². The van der Waals surface area contributed by atoms with E-state index in [0.29, 0.717) is 6.54 Å². The molecule has 0 bridgehead atoms. The largest absolute Gasteiger partial charge is 0.395 e. The fourth-order valence-electron chi connectivity index (χ4n) is 2.80. The quantitative estimate of drug-likeness (QED) is 0.619. The molecule has 0 aromatic rings. The van der Waals surface area contributed by atoms with Crippen LogP contribution in [0.15, 0.2) is 0 Å². The Morgan fingerprint density at radius 2 is 2.05 bits per heavy atom. The molecule has 2 fully saturated rings. The molecule has 0 spiro atoms. The third kappa shape index (κ3) is 3.70. The minimum Gasteiger partial charge on any atom is -0.395 e. The van der Waals surface area contributed by atoms with Gasteiger partial charge in [-0.1, -0.05) is 0 Å². The van der Waals surface area contributed by atoms with Crippen molar-refractivity contribution in [1.82, 2.24) is 9.62 Å². The van der Waals surface area contributed by atoms with Gasteiger partial charge in [-0.3, -0.25) is 0 Å². The number of nitrogens with one attached hydrogen (secondary N) is 1. The highest BCUT2D eigenvalue weighted by Gasteiger charge is 2.40. The average molecular weight is 326 g/mol. The van der Waals surface area contributed by atoms with Crippen LogP contribution in [0.5, 0.6) is 0 Å². The summed E-state index contributed by atoms with van der Waals surface area (Å²) in [5.41, 5.74) is 0. The molecule has 0 radical (unpaired) electrons. The third-order valence-corrected chi connectivity index (χ3v) is 8.18. The number of aliphatic hydroxyl groups excluding tert-OH is 1. The van der Waals surface area contributed by atoms with Crippen LogP contribution in [0, 0.1) is 0 Å². The third-order valence-electron chi connectivity index (χ3n) is 3.91. The zero-order valence-electron chi connectivity index (χ0n) is 11.4. The first-order valence-corrected chi connectivity index (χ1v) is 10.2. The van der Waals surface area contributed by atoms with Crippen molar-refractivity contribution < 1.29 is 21.9 Å². The lowest BCUT2D eigenvalue weighted by Gasteiger charge is -2.27. The first-order valence-electron chi connectivity index (χ1n) is 6.89. The lowest BCUT2D eigenvalue weighted by atomic mass is 10.2. The van der Waals surface area contributed by atoms with Gasteiger partial charge in [-0.15, -0.1) is 0 Å². The van der Waals surface area contributed by atoms with Gasteiger partial charge in [0.15, 0.2) is 9.84 Å². The fourth-order valence-corrected chi connectivity index (χ4v) is 7.36. The molecule has 2 saturated heterocycles. The van der Waals surface area contributed by atoms with Gasteiger partial charge in [0.25, 0.3) is 0 Å². The number of rotatable bonds is 6. The number of nitrogens with zero attached hydrogens (tertiary/aromatic N) is 1. The van der Waals surface area contributed by atoms with Crippen LogP contribution in [0.1, 0.15) is 19.3 Å². The summed E-state index contributed by atoms with van der Waals surface area (Å²) in [5, 5.41) is 11.4. The summed E-state index contributed by atoms with van der Waals surface area (Å²) >= 11 is 0. The average Bonchev–Trinajstić information content (AvgIpc) is 2.98. The molecule has 2 rings (SSSR count). The molecule has 2 aliphatic heterocycles. The predicted octanol–water partition coefficient (Wildman–Crippen LogP) is -1.45. The summed E-state index contributed by atoms with van der Waals surface area (Å²) in [6.07, 6.45) is 2.07. The Morgan fingerprint density at radius 3 is 2.55 bits per heavy atom. The Kier molecular flexibility index (Phi) is 5.06. The normalized spacial score (nSPS) is 30.1. The van der Waals surface area contributed by atoms with E-state index in [1.807, 2.05) is 0 Å². The molecule has 2 unspecified atom stereocenters. The second kappa shape index (κ2) is 6.27. The molecule has 20 heavy (non-hydrogen) atoms. The van der Waals surface area contributed by atoms with Crippen molar-refractivity contribution in [3.05, 3.63) is 0 Å². The van der Waals surface area contributed by atoms with Crippen LogP contribution in [0.2, 0.25) is 0 Å². The van der Waals surface area contributed by atoms with E-state index in [4.69, 9.17) is 5.11 Å². The molecule has 2 heterocycles. The summed E-state index contributed by atoms with van der Waals surface area (Å²) in [6.45, 7) is 0.942. The van der Waals surface area contributed by atoms with Crippen molar-refractivity contribution in [2.45, 2.75) is 30.6 Å². The zero-order valence-corrected chi connectivity index (χ0v) is 13.0. The van der Waals surface area contributed by atoms with Crippen molar-refractivity contribution in [3.63, 3.8) is 0 Å². The molecule has 0 aromatic heterocycles. The summed E-state index contributed by atoms with van der Waals surface area (Å²) in [6, 6.07) is 0.0920. The minimum absolute atomic E-state index is 0.0249. The van der Waals surface area contributed by atoms with Crippen LogP contribution < -0.4 is 5.32 Å². The van der Waals surface area contributed by atoms with Crippen molar-refractivity contribution >= 4 is 19.9 Å². The molecule has 2 aliphatic rings. The zero-order chi connectivity index (χ0) is 14.8. The smallest absolute Gasteiger partial charge is 0.218 e. The molecule has 0 amide bonds. The van der Waals surface area contributed by atoms with Gasteiger partial charge in [0.05, 0.1) is 23.4 Å². The highest BCUT2D eigenvalue weighted by molar-refractivity contribution is 7.95. The highest BCUT2D eigenvalue weighted by atomic mass is 32.2. The summed E-state index contributed by atoms with van der Waals surface area (Å²) in [4.78, 5) is 0. The van der Waals surface area contributed by atoms with E-state index in [1.54, 1.807) is 0 Å². The van der Waals surface area contributed by atoms with E-state index < -0.39 is 25.1 Å². The van der Waals surface area contributed by atoms with Gasteiger partial charge in [-0.25, -0.2) is 16.8 Å². The van der Waals surface area contributed by atoms with Gasteiger partial charge >= 0.3 is 0 Å². The first-order chi connectivity index (χ1) is 9.35. The Hall–Kier alpha value is -0.220. The van der Waals surface area contributed by atoms with Crippen molar-refractivity contribution in [2.75, 3.05) is 37.7 Å². The molecule has 2 N–H and O–H groups in total. The number of aliphatic hydroxyl groups is 1. The number of hydrogen-bond acceptors (Lipinski definition) is 6. The SMILES string of the molecule is O=S1(=O)CCC(S(=O)(=O)N(CCO)CC2CCCN2)C1. The Morgan fingerprint density at radius 1 is 1.30 bits per heavy atom. The maximum atomic E-state index is 12.5. The molecule has 2 atom stereocenters. The number of hydrogen-bond donors (Lipinski definition) is 2. The van der Waals surface area contributed by atoms with Crippen LogP contribution in [0.3, 0.4) is 0 Å². The minimum atomic E-state index is -3.67.